The van der Waals surface area contributed by atoms with Gasteiger partial charge in [-0.2, -0.15) is 0 Å². The summed E-state index contributed by atoms with van der Waals surface area (Å²) in [6.45, 7) is 0. The van der Waals surface area contributed by atoms with Gasteiger partial charge >= 0.3 is 0 Å². The fourth-order valence-corrected chi connectivity index (χ4v) is 6.16. The number of allylic oxidation sites excluding steroid dienone is 2. The Balaban J connectivity index is 1.33. The van der Waals surface area contributed by atoms with Crippen LogP contribution in [0.4, 0.5) is 11.5 Å². The third-order valence-corrected chi connectivity index (χ3v) is 7.74. The molecular formula is C32H19N3O. The van der Waals surface area contributed by atoms with Crippen LogP contribution in [0.3, 0.4) is 0 Å². The lowest BCUT2D eigenvalue weighted by Gasteiger charge is -2.25. The molecule has 1 atom stereocenters. The first-order chi connectivity index (χ1) is 17.8. The van der Waals surface area contributed by atoms with E-state index in [1.807, 2.05) is 12.1 Å². The summed E-state index contributed by atoms with van der Waals surface area (Å²) < 4.78 is 8.78. The zero-order valence-corrected chi connectivity index (χ0v) is 19.2. The molecule has 0 spiro atoms. The van der Waals surface area contributed by atoms with Gasteiger partial charge in [0.05, 0.1) is 28.2 Å². The van der Waals surface area contributed by atoms with Gasteiger partial charge < -0.3 is 9.73 Å². The minimum Gasteiger partial charge on any atom is -0.455 e. The first-order valence-corrected chi connectivity index (χ1v) is 12.3. The summed E-state index contributed by atoms with van der Waals surface area (Å²) >= 11 is 0. The summed E-state index contributed by atoms with van der Waals surface area (Å²) in [4.78, 5) is 5.17. The molecule has 36 heavy (non-hydrogen) atoms. The van der Waals surface area contributed by atoms with Crippen LogP contribution in [0.5, 0.6) is 0 Å². The number of anilines is 1. The number of nitrogens with one attached hydrogen (secondary N) is 1. The van der Waals surface area contributed by atoms with Crippen molar-refractivity contribution in [2.75, 3.05) is 5.32 Å². The van der Waals surface area contributed by atoms with Crippen molar-refractivity contribution >= 4 is 71.9 Å². The van der Waals surface area contributed by atoms with E-state index >= 15 is 0 Å². The Bertz CT molecular complexity index is 2120. The first kappa shape index (κ1) is 18.5. The van der Waals surface area contributed by atoms with Gasteiger partial charge in [0.25, 0.3) is 0 Å². The van der Waals surface area contributed by atoms with Crippen LogP contribution in [-0.2, 0) is 0 Å². The summed E-state index contributed by atoms with van der Waals surface area (Å²) in [5.74, 6) is 1.04. The number of nitrogens with zero attached hydrogens (tertiary/aromatic N) is 2. The van der Waals surface area contributed by atoms with E-state index in [0.717, 1.165) is 55.4 Å². The van der Waals surface area contributed by atoms with Crippen LogP contribution in [0, 0.1) is 0 Å². The molecule has 0 radical (unpaired) electrons. The molecule has 0 fully saturated rings. The summed E-state index contributed by atoms with van der Waals surface area (Å²) in [6.07, 6.45) is 6.59. The molecule has 4 nitrogen and oxygen atoms in total. The number of hydrogen-bond donors (Lipinski definition) is 1. The van der Waals surface area contributed by atoms with Crippen molar-refractivity contribution < 1.29 is 4.42 Å². The quantitative estimate of drug-likeness (QED) is 0.268. The fraction of sp³-hybridized carbons (Fsp3) is 0.0312. The summed E-state index contributed by atoms with van der Waals surface area (Å²) in [7, 11) is 0. The van der Waals surface area contributed by atoms with E-state index in [1.54, 1.807) is 0 Å². The Hall–Kier alpha value is -4.83. The number of aliphatic imine (C=N–C) groups is 1. The zero-order chi connectivity index (χ0) is 23.4. The largest absolute Gasteiger partial charge is 0.455 e. The molecule has 0 bridgehead atoms. The molecule has 9 rings (SSSR count). The normalized spacial score (nSPS) is 17.1. The molecule has 1 N–H and O–H groups in total. The van der Waals surface area contributed by atoms with Crippen molar-refractivity contribution in [3.8, 4) is 0 Å². The van der Waals surface area contributed by atoms with Gasteiger partial charge in [0, 0.05) is 21.5 Å². The molecule has 0 amide bonds. The SMILES string of the molecule is C1=CC2=Nc3c(n4c5ccc6c7ccccc7oc6c5c5cccc3c54)NC2C=C1c1ccccc1. The van der Waals surface area contributed by atoms with Crippen molar-refractivity contribution in [1.82, 2.24) is 4.40 Å². The number of fused-ring (bicyclic) bond motifs is 11. The molecule has 1 unspecified atom stereocenters. The number of hydrogen-bond acceptors (Lipinski definition) is 3. The monoisotopic (exact) mass is 461 g/mol. The van der Waals surface area contributed by atoms with Crippen LogP contribution in [0.15, 0.2) is 113 Å². The summed E-state index contributed by atoms with van der Waals surface area (Å²) in [6, 6.07) is 29.8. The van der Waals surface area contributed by atoms with Crippen LogP contribution in [0.2, 0.25) is 0 Å². The Morgan fingerprint density at radius 2 is 1.58 bits per heavy atom. The highest BCUT2D eigenvalue weighted by Gasteiger charge is 2.30. The van der Waals surface area contributed by atoms with Crippen molar-refractivity contribution in [1.29, 1.82) is 0 Å². The maximum atomic E-state index is 6.44. The van der Waals surface area contributed by atoms with Gasteiger partial charge in [-0.15, -0.1) is 0 Å². The van der Waals surface area contributed by atoms with E-state index in [9.17, 15) is 0 Å². The van der Waals surface area contributed by atoms with Crippen molar-refractivity contribution in [2.24, 2.45) is 4.99 Å². The van der Waals surface area contributed by atoms with Gasteiger partial charge in [-0.05, 0) is 41.5 Å². The maximum Gasteiger partial charge on any atom is 0.145 e. The third kappa shape index (κ3) is 2.22. The fourth-order valence-electron chi connectivity index (χ4n) is 6.16. The van der Waals surface area contributed by atoms with Crippen LogP contribution in [-0.4, -0.2) is 16.2 Å². The van der Waals surface area contributed by atoms with Gasteiger partial charge in [0.15, 0.2) is 0 Å². The highest BCUT2D eigenvalue weighted by Crippen LogP contribution is 2.48. The van der Waals surface area contributed by atoms with E-state index in [-0.39, 0.29) is 6.04 Å². The predicted molar refractivity (Wildman–Crippen MR) is 149 cm³/mol. The molecule has 4 aromatic carbocycles. The molecule has 4 heterocycles. The van der Waals surface area contributed by atoms with Crippen LogP contribution in [0.1, 0.15) is 5.56 Å². The summed E-state index contributed by atoms with van der Waals surface area (Å²) in [5.41, 5.74) is 8.67. The van der Waals surface area contributed by atoms with Crippen LogP contribution < -0.4 is 5.32 Å². The molecule has 1 aliphatic carbocycles. The lowest BCUT2D eigenvalue weighted by molar-refractivity contribution is 0.673. The van der Waals surface area contributed by atoms with Gasteiger partial charge in [0.2, 0.25) is 0 Å². The lowest BCUT2D eigenvalue weighted by Crippen LogP contribution is -2.31. The van der Waals surface area contributed by atoms with Crippen molar-refractivity contribution in [3.63, 3.8) is 0 Å². The Morgan fingerprint density at radius 3 is 2.53 bits per heavy atom. The zero-order valence-electron chi connectivity index (χ0n) is 19.2. The topological polar surface area (TPSA) is 41.9 Å². The van der Waals surface area contributed by atoms with Gasteiger partial charge in [-0.25, -0.2) is 4.99 Å². The maximum absolute atomic E-state index is 6.44. The van der Waals surface area contributed by atoms with Crippen LogP contribution >= 0.6 is 0 Å². The molecule has 168 valence electrons. The average Bonchev–Trinajstić information content (AvgIpc) is 3.58. The highest BCUT2D eigenvalue weighted by molar-refractivity contribution is 6.28. The number of furan rings is 1. The van der Waals surface area contributed by atoms with E-state index < -0.39 is 0 Å². The number of aromatic nitrogens is 1. The van der Waals surface area contributed by atoms with E-state index in [4.69, 9.17) is 9.41 Å². The number of benzene rings is 4. The minimum atomic E-state index is 0.0145. The van der Waals surface area contributed by atoms with Gasteiger partial charge in [-0.1, -0.05) is 72.8 Å². The summed E-state index contributed by atoms with van der Waals surface area (Å²) in [5, 5.41) is 9.66. The number of para-hydroxylation sites is 2. The van der Waals surface area contributed by atoms with Gasteiger partial charge in [0.1, 0.15) is 22.7 Å². The van der Waals surface area contributed by atoms with Crippen molar-refractivity contribution in [2.45, 2.75) is 6.04 Å². The molecule has 0 saturated carbocycles. The number of rotatable bonds is 1. The lowest BCUT2D eigenvalue weighted by atomic mass is 9.94. The molecule has 2 aliphatic rings. The van der Waals surface area contributed by atoms with E-state index in [2.05, 4.69) is 101 Å². The molecule has 7 aromatic rings. The second kappa shape index (κ2) is 6.43. The van der Waals surface area contributed by atoms with Gasteiger partial charge in [-0.3, -0.25) is 4.40 Å². The standard InChI is InChI=1S/C32H19N3O/c1-2-7-18(8-3-1)19-13-15-24-25(17-19)34-32-29(33-24)23-11-6-10-22-28-26(35(32)30(22)23)16-14-21-20-9-4-5-12-27(20)36-31(21)28/h1-17,25,34H. The highest BCUT2D eigenvalue weighted by atomic mass is 16.3. The predicted octanol–water partition coefficient (Wildman–Crippen LogP) is 8.10. The molecule has 1 aliphatic heterocycles. The first-order valence-electron chi connectivity index (χ1n) is 12.3. The molecule has 3 aromatic heterocycles. The van der Waals surface area contributed by atoms with Crippen LogP contribution in [0.25, 0.3) is 54.7 Å². The third-order valence-electron chi connectivity index (χ3n) is 7.74. The molecule has 4 heteroatoms. The molecular weight excluding hydrogens is 442 g/mol. The Labute approximate surface area is 205 Å². The Morgan fingerprint density at radius 1 is 0.750 bits per heavy atom. The van der Waals surface area contributed by atoms with Crippen molar-refractivity contribution in [3.05, 3.63) is 109 Å². The smallest absolute Gasteiger partial charge is 0.145 e. The van der Waals surface area contributed by atoms with E-state index in [0.29, 0.717) is 0 Å². The minimum absolute atomic E-state index is 0.0145. The Kier molecular flexibility index (Phi) is 3.30. The second-order valence-electron chi connectivity index (χ2n) is 9.65. The average molecular weight is 462 g/mol. The van der Waals surface area contributed by atoms with E-state index in [1.165, 1.54) is 22.0 Å². The second-order valence-corrected chi connectivity index (χ2v) is 9.65. The molecule has 0 saturated heterocycles.